The van der Waals surface area contributed by atoms with E-state index in [2.05, 4.69) is 5.32 Å². The Morgan fingerprint density at radius 1 is 1.38 bits per heavy atom. The summed E-state index contributed by atoms with van der Waals surface area (Å²) in [6.07, 6.45) is 5.83. The second kappa shape index (κ2) is 4.25. The second-order valence-corrected chi connectivity index (χ2v) is 3.60. The van der Waals surface area contributed by atoms with E-state index < -0.39 is 11.4 Å². The highest BCUT2D eigenvalue weighted by molar-refractivity contribution is 5.75. The van der Waals surface area contributed by atoms with Crippen LogP contribution in [-0.4, -0.2) is 24.0 Å². The number of carbonyl (C=O) groups excluding carboxylic acids is 1. The highest BCUT2D eigenvalue weighted by Crippen LogP contribution is 2.35. The fourth-order valence-corrected chi connectivity index (χ4v) is 1.90. The lowest BCUT2D eigenvalue weighted by Gasteiger charge is -2.32. The molecule has 4 nitrogen and oxygen atoms in total. The lowest BCUT2D eigenvalue weighted by atomic mass is 9.74. The van der Waals surface area contributed by atoms with Gasteiger partial charge in [0, 0.05) is 6.54 Å². The molecule has 1 radical (unpaired) electrons. The molecule has 0 unspecified atom stereocenters. The summed E-state index contributed by atoms with van der Waals surface area (Å²) < 4.78 is 0. The van der Waals surface area contributed by atoms with Crippen LogP contribution in [0.1, 0.15) is 32.1 Å². The van der Waals surface area contributed by atoms with Gasteiger partial charge in [0.2, 0.25) is 0 Å². The molecule has 1 aliphatic rings. The third kappa shape index (κ3) is 2.20. The minimum absolute atomic E-state index is 0.214. The lowest BCUT2D eigenvalue weighted by Crippen LogP contribution is -2.42. The minimum Gasteiger partial charge on any atom is -0.481 e. The van der Waals surface area contributed by atoms with E-state index in [1.807, 2.05) is 0 Å². The van der Waals surface area contributed by atoms with E-state index in [1.165, 1.54) is 6.41 Å². The maximum Gasteiger partial charge on any atom is 0.311 e. The van der Waals surface area contributed by atoms with Gasteiger partial charge < -0.3 is 10.4 Å². The number of nitrogens with one attached hydrogen (secondary N) is 1. The Bertz CT molecular complexity index is 197. The van der Waals surface area contributed by atoms with E-state index in [4.69, 9.17) is 5.11 Å². The molecule has 1 aliphatic carbocycles. The van der Waals surface area contributed by atoms with Crippen molar-refractivity contribution < 1.29 is 14.7 Å². The van der Waals surface area contributed by atoms with Gasteiger partial charge in [0.25, 0.3) is 0 Å². The summed E-state index contributed by atoms with van der Waals surface area (Å²) in [5.74, 6) is -0.796. The summed E-state index contributed by atoms with van der Waals surface area (Å²) in [5.41, 5.74) is -0.727. The number of hydrogen-bond acceptors (Lipinski definition) is 2. The standard InChI is InChI=1S/C9H14NO3/c11-7-10-6-9(8(12)13)4-2-1-3-5-9/h1-6H2,(H,10,11)(H,12,13). The van der Waals surface area contributed by atoms with Crippen LogP contribution in [0.5, 0.6) is 0 Å². The van der Waals surface area contributed by atoms with Crippen molar-refractivity contribution in [1.29, 1.82) is 0 Å². The Balaban J connectivity index is 2.61. The van der Waals surface area contributed by atoms with E-state index in [1.54, 1.807) is 0 Å². The van der Waals surface area contributed by atoms with E-state index >= 15 is 0 Å². The molecule has 0 bridgehead atoms. The molecule has 0 aromatic heterocycles. The number of carboxylic acids is 1. The van der Waals surface area contributed by atoms with Gasteiger partial charge in [-0.05, 0) is 12.8 Å². The number of carboxylic acid groups (broad SMARTS) is 1. The molecule has 13 heavy (non-hydrogen) atoms. The van der Waals surface area contributed by atoms with Crippen LogP contribution in [0.25, 0.3) is 0 Å². The molecule has 1 saturated carbocycles. The van der Waals surface area contributed by atoms with Crippen molar-refractivity contribution in [2.24, 2.45) is 5.41 Å². The summed E-state index contributed by atoms with van der Waals surface area (Å²) in [7, 11) is 0. The smallest absolute Gasteiger partial charge is 0.311 e. The fraction of sp³-hybridized carbons (Fsp3) is 0.778. The van der Waals surface area contributed by atoms with Gasteiger partial charge >= 0.3 is 12.4 Å². The molecule has 0 aliphatic heterocycles. The third-order valence-electron chi connectivity index (χ3n) is 2.76. The number of aliphatic carboxylic acids is 1. The zero-order valence-electron chi connectivity index (χ0n) is 7.51. The van der Waals surface area contributed by atoms with Gasteiger partial charge in [-0.3, -0.25) is 9.59 Å². The molecular weight excluding hydrogens is 170 g/mol. The van der Waals surface area contributed by atoms with Gasteiger partial charge in [-0.2, -0.15) is 0 Å². The topological polar surface area (TPSA) is 66.4 Å². The van der Waals surface area contributed by atoms with Crippen molar-refractivity contribution in [3.63, 3.8) is 0 Å². The normalized spacial score (nSPS) is 20.6. The Hall–Kier alpha value is -1.06. The minimum atomic E-state index is -0.796. The quantitative estimate of drug-likeness (QED) is 0.631. The summed E-state index contributed by atoms with van der Waals surface area (Å²) in [6, 6.07) is 0. The Morgan fingerprint density at radius 2 is 2.00 bits per heavy atom. The lowest BCUT2D eigenvalue weighted by molar-refractivity contribution is -0.150. The van der Waals surface area contributed by atoms with Crippen LogP contribution in [0, 0.1) is 5.41 Å². The second-order valence-electron chi connectivity index (χ2n) is 3.60. The van der Waals surface area contributed by atoms with E-state index in [0.29, 0.717) is 12.8 Å². The van der Waals surface area contributed by atoms with Gasteiger partial charge in [0.05, 0.1) is 5.41 Å². The molecule has 0 spiro atoms. The van der Waals surface area contributed by atoms with Crippen LogP contribution < -0.4 is 5.32 Å². The van der Waals surface area contributed by atoms with Gasteiger partial charge in [-0.25, -0.2) is 0 Å². The number of hydrogen-bond donors (Lipinski definition) is 2. The molecule has 0 saturated heterocycles. The average Bonchev–Trinajstić information content (AvgIpc) is 2.16. The molecule has 73 valence electrons. The van der Waals surface area contributed by atoms with Crippen LogP contribution in [0.15, 0.2) is 0 Å². The van der Waals surface area contributed by atoms with Crippen molar-refractivity contribution in [2.75, 3.05) is 6.54 Å². The molecule has 4 heteroatoms. The predicted molar refractivity (Wildman–Crippen MR) is 46.9 cm³/mol. The molecule has 0 aromatic rings. The number of amides is 1. The van der Waals surface area contributed by atoms with Crippen molar-refractivity contribution in [3.05, 3.63) is 0 Å². The molecule has 1 fully saturated rings. The van der Waals surface area contributed by atoms with Gasteiger partial charge in [-0.15, -0.1) is 0 Å². The SMILES string of the molecule is O=[C]NCC1(C(=O)O)CCCCC1. The van der Waals surface area contributed by atoms with E-state index in [0.717, 1.165) is 19.3 Å². The van der Waals surface area contributed by atoms with E-state index in [9.17, 15) is 9.59 Å². The summed E-state index contributed by atoms with van der Waals surface area (Å²) in [5, 5.41) is 11.4. The summed E-state index contributed by atoms with van der Waals surface area (Å²) in [4.78, 5) is 21.0. The molecule has 0 heterocycles. The van der Waals surface area contributed by atoms with Crippen molar-refractivity contribution in [2.45, 2.75) is 32.1 Å². The maximum absolute atomic E-state index is 11.0. The van der Waals surface area contributed by atoms with Crippen LogP contribution in [0.2, 0.25) is 0 Å². The Kier molecular flexibility index (Phi) is 3.28. The Labute approximate surface area is 77.3 Å². The van der Waals surface area contributed by atoms with Gasteiger partial charge in [0.1, 0.15) is 0 Å². The zero-order chi connectivity index (χ0) is 9.73. The molecule has 2 N–H and O–H groups in total. The fourth-order valence-electron chi connectivity index (χ4n) is 1.90. The number of carbonyl (C=O) groups is 1. The number of rotatable bonds is 4. The zero-order valence-corrected chi connectivity index (χ0v) is 7.51. The maximum atomic E-state index is 11.0. The first-order valence-corrected chi connectivity index (χ1v) is 4.55. The summed E-state index contributed by atoms with van der Waals surface area (Å²) >= 11 is 0. The highest BCUT2D eigenvalue weighted by Gasteiger charge is 2.39. The molecule has 1 rings (SSSR count). The van der Waals surface area contributed by atoms with E-state index in [-0.39, 0.29) is 6.54 Å². The van der Waals surface area contributed by atoms with Crippen LogP contribution in [0.4, 0.5) is 0 Å². The monoisotopic (exact) mass is 184 g/mol. The first kappa shape index (κ1) is 10.0. The first-order valence-electron chi connectivity index (χ1n) is 4.55. The summed E-state index contributed by atoms with van der Waals surface area (Å²) in [6.45, 7) is 0.214. The van der Waals surface area contributed by atoms with Crippen LogP contribution >= 0.6 is 0 Å². The molecular formula is C9H14NO3. The van der Waals surface area contributed by atoms with Crippen molar-refractivity contribution in [1.82, 2.24) is 5.32 Å². The average molecular weight is 184 g/mol. The third-order valence-corrected chi connectivity index (χ3v) is 2.76. The van der Waals surface area contributed by atoms with Gasteiger partial charge in [-0.1, -0.05) is 19.3 Å². The van der Waals surface area contributed by atoms with Crippen molar-refractivity contribution in [3.8, 4) is 0 Å². The Morgan fingerprint density at radius 3 is 2.46 bits per heavy atom. The molecule has 0 aromatic carbocycles. The van der Waals surface area contributed by atoms with Crippen LogP contribution in [0.3, 0.4) is 0 Å². The highest BCUT2D eigenvalue weighted by atomic mass is 16.4. The van der Waals surface area contributed by atoms with Crippen LogP contribution in [-0.2, 0) is 9.59 Å². The predicted octanol–water partition coefficient (Wildman–Crippen LogP) is 0.678. The largest absolute Gasteiger partial charge is 0.481 e. The van der Waals surface area contributed by atoms with Gasteiger partial charge in [0.15, 0.2) is 0 Å². The molecule has 0 atom stereocenters. The molecule has 1 amide bonds. The first-order chi connectivity index (χ1) is 6.21. The van der Waals surface area contributed by atoms with Crippen molar-refractivity contribution >= 4 is 12.4 Å².